The normalized spacial score (nSPS) is 36.0. The number of ketones is 1. The average Bonchev–Trinajstić information content (AvgIpc) is 3.38. The molecule has 2 N–H and O–H groups in total. The number of esters is 1. The summed E-state index contributed by atoms with van der Waals surface area (Å²) in [5.41, 5.74) is 0.494. The van der Waals surface area contributed by atoms with E-state index in [2.05, 4.69) is 4.98 Å². The van der Waals surface area contributed by atoms with Gasteiger partial charge in [0.1, 0.15) is 11.9 Å². The van der Waals surface area contributed by atoms with Gasteiger partial charge in [-0.2, -0.15) is 0 Å². The van der Waals surface area contributed by atoms with E-state index in [-0.39, 0.29) is 30.3 Å². The molecule has 0 saturated carbocycles. The van der Waals surface area contributed by atoms with E-state index in [9.17, 15) is 19.8 Å². The number of ether oxygens (including phenoxy) is 2. The van der Waals surface area contributed by atoms with Gasteiger partial charge < -0.3 is 19.7 Å². The van der Waals surface area contributed by atoms with Crippen molar-refractivity contribution in [3.8, 4) is 0 Å². The highest BCUT2D eigenvalue weighted by atomic mass is 32.1. The molecule has 3 heterocycles. The van der Waals surface area contributed by atoms with Crippen molar-refractivity contribution in [2.75, 3.05) is 0 Å². The zero-order valence-electron chi connectivity index (χ0n) is 21.1. The molecule has 190 valence electrons. The molecule has 2 fully saturated rings. The largest absolute Gasteiger partial charge is 0.458 e. The van der Waals surface area contributed by atoms with Gasteiger partial charge in [-0.1, -0.05) is 34.1 Å². The molecule has 0 bridgehead atoms. The lowest BCUT2D eigenvalue weighted by Crippen LogP contribution is -2.45. The van der Waals surface area contributed by atoms with Gasteiger partial charge in [0.25, 0.3) is 0 Å². The van der Waals surface area contributed by atoms with Gasteiger partial charge in [-0.3, -0.25) is 9.59 Å². The predicted octanol–water partition coefficient (Wildman–Crippen LogP) is 4.09. The molecule has 2 aliphatic rings. The van der Waals surface area contributed by atoms with Gasteiger partial charge in [-0.25, -0.2) is 4.98 Å². The fourth-order valence-corrected chi connectivity index (χ4v) is 5.35. The average molecular weight is 494 g/mol. The lowest BCUT2D eigenvalue weighted by molar-refractivity contribution is -0.154. The first-order valence-corrected chi connectivity index (χ1v) is 13.1. The molecule has 3 rings (SSSR count). The molecule has 0 spiro atoms. The first-order chi connectivity index (χ1) is 15.9. The minimum atomic E-state index is -1.22. The lowest BCUT2D eigenvalue weighted by atomic mass is 9.73. The molecule has 8 heteroatoms. The van der Waals surface area contributed by atoms with Crippen LogP contribution in [0.1, 0.15) is 77.4 Å². The van der Waals surface area contributed by atoms with Gasteiger partial charge in [0, 0.05) is 17.7 Å². The standard InChI is InChI=1S/C26H39NO6S/c1-14-8-7-9-19-21(32-19)11-20(15(2)10-18-13-34-17(4)27-18)33-23(29)12-22(28)26(5,6)25(31)16(3)24(14)30/h10,13-14,16,19-22,24,28,30H,7-9,11-12H2,1-6H3/b15-10+/t14-,16+,19-,20-,21-,22-,24?/m0/s1. The molecule has 1 aromatic rings. The summed E-state index contributed by atoms with van der Waals surface area (Å²) in [4.78, 5) is 30.5. The topological polar surface area (TPSA) is 109 Å². The van der Waals surface area contributed by atoms with Crippen LogP contribution in [0, 0.1) is 24.2 Å². The molecule has 0 radical (unpaired) electrons. The van der Waals surface area contributed by atoms with Crippen molar-refractivity contribution >= 4 is 29.2 Å². The van der Waals surface area contributed by atoms with E-state index in [1.54, 1.807) is 32.1 Å². The van der Waals surface area contributed by atoms with Crippen LogP contribution < -0.4 is 0 Å². The number of hydrogen-bond acceptors (Lipinski definition) is 8. The summed E-state index contributed by atoms with van der Waals surface area (Å²) >= 11 is 1.56. The number of hydrogen-bond donors (Lipinski definition) is 2. The first kappa shape index (κ1) is 27.0. The predicted molar refractivity (Wildman–Crippen MR) is 131 cm³/mol. The van der Waals surface area contributed by atoms with Crippen molar-refractivity contribution in [3.63, 3.8) is 0 Å². The van der Waals surface area contributed by atoms with E-state index < -0.39 is 35.6 Å². The third kappa shape index (κ3) is 6.53. The highest BCUT2D eigenvalue weighted by Gasteiger charge is 2.44. The van der Waals surface area contributed by atoms with Gasteiger partial charge >= 0.3 is 5.97 Å². The van der Waals surface area contributed by atoms with Crippen molar-refractivity contribution in [2.24, 2.45) is 17.3 Å². The van der Waals surface area contributed by atoms with Crippen LogP contribution in [0.2, 0.25) is 0 Å². The third-order valence-electron chi connectivity index (χ3n) is 7.41. The van der Waals surface area contributed by atoms with Crippen molar-refractivity contribution in [3.05, 3.63) is 21.7 Å². The lowest BCUT2D eigenvalue weighted by Gasteiger charge is -2.34. The minimum absolute atomic E-state index is 0.00770. The van der Waals surface area contributed by atoms with Gasteiger partial charge in [0.15, 0.2) is 0 Å². The fourth-order valence-electron chi connectivity index (χ4n) is 4.78. The number of carbonyl (C=O) groups is 2. The fraction of sp³-hybridized carbons (Fsp3) is 0.731. The smallest absolute Gasteiger partial charge is 0.309 e. The van der Waals surface area contributed by atoms with Crippen molar-refractivity contribution in [1.29, 1.82) is 0 Å². The van der Waals surface area contributed by atoms with Crippen LogP contribution in [0.15, 0.2) is 11.0 Å². The highest BCUT2D eigenvalue weighted by Crippen LogP contribution is 2.36. The summed E-state index contributed by atoms with van der Waals surface area (Å²) in [5.74, 6) is -1.52. The number of rotatable bonds is 2. The minimum Gasteiger partial charge on any atom is -0.458 e. The van der Waals surface area contributed by atoms with Crippen molar-refractivity contribution in [1.82, 2.24) is 4.98 Å². The van der Waals surface area contributed by atoms with Gasteiger partial charge in [0.2, 0.25) is 0 Å². The molecule has 2 saturated heterocycles. The SMILES string of the molecule is C/C(=C\c1csc(C)n1)[C@@H]1C[C@@H]2O[C@H]2CCC[C@H](C)C(O)[C@@H](C)C(=O)C(C)(C)[C@@H](O)CC(=O)O1. The van der Waals surface area contributed by atoms with Gasteiger partial charge in [0.05, 0.1) is 47.0 Å². The van der Waals surface area contributed by atoms with Crippen molar-refractivity contribution < 1.29 is 29.3 Å². The second-order valence-electron chi connectivity index (χ2n) is 10.6. The van der Waals surface area contributed by atoms with Gasteiger partial charge in [-0.05, 0) is 44.3 Å². The van der Waals surface area contributed by atoms with Crippen LogP contribution in [0.4, 0.5) is 0 Å². The van der Waals surface area contributed by atoms with Crippen molar-refractivity contribution in [2.45, 2.75) is 104 Å². The summed E-state index contributed by atoms with van der Waals surface area (Å²) in [6.07, 6.45) is 2.28. The second kappa shape index (κ2) is 11.0. The first-order valence-electron chi connectivity index (χ1n) is 12.3. The van der Waals surface area contributed by atoms with Crippen LogP contribution in [-0.4, -0.2) is 57.5 Å². The molecule has 34 heavy (non-hydrogen) atoms. The Hall–Kier alpha value is -1.61. The van der Waals surface area contributed by atoms with E-state index in [0.29, 0.717) is 6.42 Å². The summed E-state index contributed by atoms with van der Waals surface area (Å²) in [5, 5.41) is 24.5. The number of aliphatic hydroxyl groups is 2. The number of aliphatic hydroxyl groups excluding tert-OH is 2. The van der Waals surface area contributed by atoms with Gasteiger partial charge in [-0.15, -0.1) is 11.3 Å². The third-order valence-corrected chi connectivity index (χ3v) is 8.20. The van der Waals surface area contributed by atoms with E-state index in [1.165, 1.54) is 0 Å². The van der Waals surface area contributed by atoms with Crippen LogP contribution >= 0.6 is 11.3 Å². The zero-order chi connectivity index (χ0) is 25.2. The van der Waals surface area contributed by atoms with Crippen LogP contribution in [0.3, 0.4) is 0 Å². The van der Waals surface area contributed by atoms with Crippen LogP contribution in [-0.2, 0) is 19.1 Å². The zero-order valence-corrected chi connectivity index (χ0v) is 21.9. The molecule has 0 amide bonds. The summed E-state index contributed by atoms with van der Waals surface area (Å²) in [7, 11) is 0. The maximum atomic E-state index is 13.2. The van der Waals surface area contributed by atoms with E-state index in [1.807, 2.05) is 32.2 Å². The Morgan fingerprint density at radius 3 is 2.56 bits per heavy atom. The number of fused-ring (bicyclic) bond motifs is 1. The van der Waals surface area contributed by atoms with E-state index >= 15 is 0 Å². The number of aromatic nitrogens is 1. The molecule has 1 unspecified atom stereocenters. The monoisotopic (exact) mass is 493 g/mol. The Bertz CT molecular complexity index is 909. The highest BCUT2D eigenvalue weighted by molar-refractivity contribution is 7.09. The molecule has 1 aromatic heterocycles. The number of Topliss-reactive ketones (excluding diaryl/α,β-unsaturated/α-hetero) is 1. The second-order valence-corrected chi connectivity index (χ2v) is 11.7. The molecule has 0 aliphatic carbocycles. The Balaban J connectivity index is 1.81. The molecule has 7 atom stereocenters. The Morgan fingerprint density at radius 1 is 1.21 bits per heavy atom. The number of thiazole rings is 1. The molecule has 2 aliphatic heterocycles. The number of epoxide rings is 1. The number of cyclic esters (lactones) is 1. The number of carbonyl (C=O) groups excluding carboxylic acids is 2. The van der Waals surface area contributed by atoms with E-state index in [4.69, 9.17) is 9.47 Å². The Labute approximate surface area is 206 Å². The summed E-state index contributed by atoms with van der Waals surface area (Å²) in [6.45, 7) is 10.8. The van der Waals surface area contributed by atoms with Crippen LogP contribution in [0.5, 0.6) is 0 Å². The maximum Gasteiger partial charge on any atom is 0.309 e. The Morgan fingerprint density at radius 2 is 1.91 bits per heavy atom. The summed E-state index contributed by atoms with van der Waals surface area (Å²) in [6, 6.07) is 0. The summed E-state index contributed by atoms with van der Waals surface area (Å²) < 4.78 is 11.7. The molecular formula is C26H39NO6S. The van der Waals surface area contributed by atoms with E-state index in [0.717, 1.165) is 35.5 Å². The van der Waals surface area contributed by atoms with Crippen LogP contribution in [0.25, 0.3) is 6.08 Å². The number of nitrogens with zero attached hydrogens (tertiary/aromatic N) is 1. The quantitative estimate of drug-likeness (QED) is 0.472. The molecule has 7 nitrogen and oxygen atoms in total. The molecular weight excluding hydrogens is 454 g/mol. The Kier molecular flexibility index (Phi) is 8.71. The maximum absolute atomic E-state index is 13.2. The number of aryl methyl sites for hydroxylation is 1. The molecule has 0 aromatic carbocycles.